The molecule has 3 N–H and O–H groups in total. The molecular weight excluding hydrogens is 380 g/mol. The highest BCUT2D eigenvalue weighted by atomic mass is 79.9. The van der Waals surface area contributed by atoms with E-state index in [9.17, 15) is 20.1 Å². The Bertz CT molecular complexity index is 668. The first-order chi connectivity index (χ1) is 8.91. The molecule has 0 aromatic heterocycles. The van der Waals surface area contributed by atoms with Crippen LogP contribution in [0.1, 0.15) is 15.9 Å². The molecule has 2 rings (SSSR count). The van der Waals surface area contributed by atoms with E-state index in [-0.39, 0.29) is 10.0 Å². The van der Waals surface area contributed by atoms with Gasteiger partial charge in [-0.15, -0.1) is 0 Å². The van der Waals surface area contributed by atoms with Gasteiger partial charge in [0.05, 0.1) is 4.47 Å². The molecular formula is C13H8Br2O4. The Balaban J connectivity index is 2.57. The summed E-state index contributed by atoms with van der Waals surface area (Å²) in [4.78, 5) is 12.3. The van der Waals surface area contributed by atoms with Crippen LogP contribution in [0.25, 0.3) is 0 Å². The van der Waals surface area contributed by atoms with Gasteiger partial charge in [-0.3, -0.25) is 4.79 Å². The second kappa shape index (κ2) is 5.22. The maximum atomic E-state index is 12.3. The number of phenols is 3. The van der Waals surface area contributed by atoms with Crippen LogP contribution in [-0.4, -0.2) is 21.1 Å². The molecule has 0 fully saturated rings. The molecule has 0 saturated carbocycles. The second-order valence-corrected chi connectivity index (χ2v) is 5.50. The predicted molar refractivity (Wildman–Crippen MR) is 76.7 cm³/mol. The van der Waals surface area contributed by atoms with Crippen LogP contribution in [0.5, 0.6) is 17.2 Å². The maximum Gasteiger partial charge on any atom is 0.201 e. The largest absolute Gasteiger partial charge is 0.504 e. The van der Waals surface area contributed by atoms with Gasteiger partial charge in [-0.05, 0) is 34.1 Å². The van der Waals surface area contributed by atoms with Crippen LogP contribution < -0.4 is 0 Å². The summed E-state index contributed by atoms with van der Waals surface area (Å²) in [5.74, 6) is -2.19. The number of hydrogen-bond donors (Lipinski definition) is 3. The Morgan fingerprint density at radius 3 is 2.32 bits per heavy atom. The molecule has 0 saturated heterocycles. The van der Waals surface area contributed by atoms with Crippen LogP contribution in [0.2, 0.25) is 0 Å². The molecule has 98 valence electrons. The van der Waals surface area contributed by atoms with E-state index < -0.39 is 23.0 Å². The van der Waals surface area contributed by atoms with Crippen LogP contribution in [-0.2, 0) is 0 Å². The molecule has 0 atom stereocenters. The number of rotatable bonds is 2. The molecule has 4 nitrogen and oxygen atoms in total. The van der Waals surface area contributed by atoms with Gasteiger partial charge in [0.1, 0.15) is 0 Å². The van der Waals surface area contributed by atoms with Gasteiger partial charge >= 0.3 is 0 Å². The normalized spacial score (nSPS) is 10.4. The fourth-order valence-electron chi connectivity index (χ4n) is 1.57. The fourth-order valence-corrected chi connectivity index (χ4v) is 2.45. The predicted octanol–water partition coefficient (Wildman–Crippen LogP) is 3.56. The van der Waals surface area contributed by atoms with Crippen molar-refractivity contribution >= 4 is 37.6 Å². The second-order valence-electron chi connectivity index (χ2n) is 3.79. The minimum Gasteiger partial charge on any atom is -0.504 e. The van der Waals surface area contributed by atoms with E-state index in [0.717, 1.165) is 10.5 Å². The van der Waals surface area contributed by atoms with Crippen molar-refractivity contribution in [1.82, 2.24) is 0 Å². The van der Waals surface area contributed by atoms with Gasteiger partial charge in [-0.2, -0.15) is 0 Å². The van der Waals surface area contributed by atoms with E-state index >= 15 is 0 Å². The van der Waals surface area contributed by atoms with E-state index in [0.29, 0.717) is 5.56 Å². The molecule has 0 amide bonds. The highest BCUT2D eigenvalue weighted by Gasteiger charge is 2.20. The molecule has 6 heteroatoms. The number of aromatic hydroxyl groups is 3. The molecule has 0 unspecified atom stereocenters. The maximum absolute atomic E-state index is 12.3. The highest BCUT2D eigenvalue weighted by molar-refractivity contribution is 9.10. The Labute approximate surface area is 125 Å². The van der Waals surface area contributed by atoms with E-state index in [2.05, 4.69) is 31.9 Å². The van der Waals surface area contributed by atoms with Crippen molar-refractivity contribution in [3.8, 4) is 17.2 Å². The summed E-state index contributed by atoms with van der Waals surface area (Å²) < 4.78 is 0.773. The van der Waals surface area contributed by atoms with Crippen LogP contribution in [0.15, 0.2) is 39.3 Å². The molecule has 0 bridgehead atoms. The number of benzene rings is 2. The zero-order valence-electron chi connectivity index (χ0n) is 9.39. The molecule has 0 aliphatic heterocycles. The van der Waals surface area contributed by atoms with Gasteiger partial charge in [0.2, 0.25) is 5.75 Å². The van der Waals surface area contributed by atoms with Crippen molar-refractivity contribution in [3.05, 3.63) is 50.4 Å². The molecule has 0 heterocycles. The zero-order chi connectivity index (χ0) is 14.2. The molecule has 0 aliphatic rings. The molecule has 2 aromatic rings. The third kappa shape index (κ3) is 2.59. The summed E-state index contributed by atoms with van der Waals surface area (Å²) in [6, 6.07) is 7.81. The van der Waals surface area contributed by atoms with Crippen molar-refractivity contribution in [1.29, 1.82) is 0 Å². The number of carbonyl (C=O) groups is 1. The van der Waals surface area contributed by atoms with E-state index in [1.54, 1.807) is 24.3 Å². The van der Waals surface area contributed by atoms with Crippen LogP contribution >= 0.6 is 31.9 Å². The Morgan fingerprint density at radius 1 is 1.00 bits per heavy atom. The third-order valence-electron chi connectivity index (χ3n) is 2.52. The monoisotopic (exact) mass is 386 g/mol. The average Bonchev–Trinajstić information content (AvgIpc) is 2.40. The molecule has 0 aliphatic carbocycles. The van der Waals surface area contributed by atoms with E-state index in [4.69, 9.17) is 0 Å². The van der Waals surface area contributed by atoms with Gasteiger partial charge in [-0.25, -0.2) is 0 Å². The lowest BCUT2D eigenvalue weighted by Crippen LogP contribution is -2.02. The molecule has 2 aromatic carbocycles. The van der Waals surface area contributed by atoms with E-state index in [1.165, 1.54) is 0 Å². The smallest absolute Gasteiger partial charge is 0.201 e. The quantitative estimate of drug-likeness (QED) is 0.543. The van der Waals surface area contributed by atoms with Crippen molar-refractivity contribution in [2.24, 2.45) is 0 Å². The first-order valence-corrected chi connectivity index (χ1v) is 6.74. The summed E-state index contributed by atoms with van der Waals surface area (Å²) in [5.41, 5.74) is 0.450. The lowest BCUT2D eigenvalue weighted by molar-refractivity contribution is 0.103. The number of hydrogen-bond acceptors (Lipinski definition) is 4. The minimum atomic E-state index is -0.669. The highest BCUT2D eigenvalue weighted by Crippen LogP contribution is 2.43. The lowest BCUT2D eigenvalue weighted by atomic mass is 10.0. The average molecular weight is 388 g/mol. The summed E-state index contributed by atoms with van der Waals surface area (Å²) >= 11 is 6.29. The van der Waals surface area contributed by atoms with Crippen LogP contribution in [0.4, 0.5) is 0 Å². The Morgan fingerprint density at radius 2 is 1.68 bits per heavy atom. The first-order valence-electron chi connectivity index (χ1n) is 5.15. The number of halogens is 2. The van der Waals surface area contributed by atoms with Gasteiger partial charge in [0.25, 0.3) is 0 Å². The lowest BCUT2D eigenvalue weighted by Gasteiger charge is -2.09. The number of carbonyl (C=O) groups excluding carboxylic acids is 1. The molecule has 0 spiro atoms. The zero-order valence-corrected chi connectivity index (χ0v) is 12.6. The number of ketones is 1. The standard InChI is InChI=1S/C13H8Br2O4/c14-7-3-1-2-6(4-7)11(17)8-5-9(16)12(18)13(19)10(8)15/h1-5,16,18-19H. The Hall–Kier alpha value is -1.53. The van der Waals surface area contributed by atoms with Gasteiger partial charge in [-0.1, -0.05) is 28.1 Å². The molecule has 19 heavy (non-hydrogen) atoms. The fraction of sp³-hybridized carbons (Fsp3) is 0. The first kappa shape index (κ1) is 13.9. The SMILES string of the molecule is O=C(c1cccc(Br)c1)c1cc(O)c(O)c(O)c1Br. The third-order valence-corrected chi connectivity index (χ3v) is 3.82. The molecule has 0 radical (unpaired) electrons. The summed E-state index contributed by atoms with van der Waals surface area (Å²) in [5, 5.41) is 28.4. The van der Waals surface area contributed by atoms with Crippen LogP contribution in [0.3, 0.4) is 0 Å². The van der Waals surface area contributed by atoms with Gasteiger partial charge in [0, 0.05) is 15.6 Å². The Kier molecular flexibility index (Phi) is 3.82. The van der Waals surface area contributed by atoms with Crippen LogP contribution in [0, 0.1) is 0 Å². The summed E-state index contributed by atoms with van der Waals surface area (Å²) in [7, 11) is 0. The summed E-state index contributed by atoms with van der Waals surface area (Å²) in [6.45, 7) is 0. The van der Waals surface area contributed by atoms with E-state index in [1.807, 2.05) is 0 Å². The van der Waals surface area contributed by atoms with Gasteiger partial charge < -0.3 is 15.3 Å². The minimum absolute atomic E-state index is 0.0350. The topological polar surface area (TPSA) is 77.8 Å². The number of phenolic OH excluding ortho intramolecular Hbond substituents is 3. The summed E-state index contributed by atoms with van der Waals surface area (Å²) in [6.07, 6.45) is 0. The van der Waals surface area contributed by atoms with Crippen molar-refractivity contribution < 1.29 is 20.1 Å². The van der Waals surface area contributed by atoms with Crippen molar-refractivity contribution in [2.45, 2.75) is 0 Å². The van der Waals surface area contributed by atoms with Crippen molar-refractivity contribution in [2.75, 3.05) is 0 Å². The van der Waals surface area contributed by atoms with Gasteiger partial charge in [0.15, 0.2) is 17.3 Å². The van der Waals surface area contributed by atoms with Crippen molar-refractivity contribution in [3.63, 3.8) is 0 Å².